The molecule has 1 N–H and O–H groups in total. The molecular formula is C19H20N2O2S. The van der Waals surface area contributed by atoms with Gasteiger partial charge in [0, 0.05) is 46.1 Å². The molecule has 1 atom stereocenters. The van der Waals surface area contributed by atoms with Crippen molar-refractivity contribution >= 4 is 22.5 Å². The van der Waals surface area contributed by atoms with Gasteiger partial charge in [-0.25, -0.2) is 4.79 Å². The summed E-state index contributed by atoms with van der Waals surface area (Å²) >= 11 is 0. The highest BCUT2D eigenvalue weighted by atomic mass is 32.2. The second-order valence-corrected chi connectivity index (χ2v) is 8.08. The Hall–Kier alpha value is -2.14. The van der Waals surface area contributed by atoms with Crippen LogP contribution in [0.3, 0.4) is 0 Å². The maximum atomic E-state index is 12.7. The fraction of sp³-hybridized carbons (Fsp3) is 0.316. The lowest BCUT2D eigenvalue weighted by Gasteiger charge is -2.35. The molecule has 0 radical (unpaired) electrons. The number of rotatable bonds is 2. The number of urea groups is 1. The van der Waals surface area contributed by atoms with Crippen LogP contribution in [0.5, 0.6) is 0 Å². The Bertz CT molecular complexity index is 812. The van der Waals surface area contributed by atoms with E-state index in [4.69, 9.17) is 0 Å². The minimum absolute atomic E-state index is 0.0684. The van der Waals surface area contributed by atoms with E-state index in [9.17, 15) is 9.00 Å². The van der Waals surface area contributed by atoms with Gasteiger partial charge in [0.15, 0.2) is 0 Å². The molecule has 5 heteroatoms. The third kappa shape index (κ3) is 2.73. The van der Waals surface area contributed by atoms with E-state index in [1.54, 1.807) is 30.5 Å². The van der Waals surface area contributed by atoms with Crippen molar-refractivity contribution in [3.8, 4) is 0 Å². The highest BCUT2D eigenvalue weighted by Gasteiger charge is 2.49. The monoisotopic (exact) mass is 340 g/mol. The molecule has 0 aromatic heterocycles. The number of amides is 2. The number of nitrogens with zero attached hydrogens (tertiary/aromatic N) is 1. The Balaban J connectivity index is 1.51. The number of hydrogen-bond acceptors (Lipinski definition) is 2. The topological polar surface area (TPSA) is 49.4 Å². The minimum Gasteiger partial charge on any atom is -0.319 e. The predicted octanol–water partition coefficient (Wildman–Crippen LogP) is 3.50. The van der Waals surface area contributed by atoms with Crippen molar-refractivity contribution in [2.75, 3.05) is 18.1 Å². The maximum absolute atomic E-state index is 12.7. The fourth-order valence-electron chi connectivity index (χ4n) is 3.54. The van der Waals surface area contributed by atoms with Crippen molar-refractivity contribution in [1.82, 2.24) is 4.90 Å². The van der Waals surface area contributed by atoms with Gasteiger partial charge in [0.2, 0.25) is 0 Å². The second-order valence-electron chi connectivity index (χ2n) is 6.70. The number of carbonyl (C=O) groups is 1. The van der Waals surface area contributed by atoms with Crippen LogP contribution in [0.4, 0.5) is 10.5 Å². The molecule has 24 heavy (non-hydrogen) atoms. The van der Waals surface area contributed by atoms with Crippen LogP contribution in [0.15, 0.2) is 53.4 Å². The van der Waals surface area contributed by atoms with Crippen molar-refractivity contribution in [3.05, 3.63) is 59.7 Å². The summed E-state index contributed by atoms with van der Waals surface area (Å²) in [4.78, 5) is 15.3. The number of fused-ring (bicyclic) bond motifs is 2. The highest BCUT2D eigenvalue weighted by Crippen LogP contribution is 2.52. The molecule has 1 heterocycles. The first-order chi connectivity index (χ1) is 11.6. The summed E-state index contributed by atoms with van der Waals surface area (Å²) in [6, 6.07) is 15.6. The van der Waals surface area contributed by atoms with Crippen molar-refractivity contribution in [1.29, 1.82) is 0 Å². The molecule has 1 aliphatic heterocycles. The first-order valence-electron chi connectivity index (χ1n) is 8.15. The Morgan fingerprint density at radius 2 is 1.83 bits per heavy atom. The van der Waals surface area contributed by atoms with Gasteiger partial charge in [-0.1, -0.05) is 24.3 Å². The van der Waals surface area contributed by atoms with E-state index in [-0.39, 0.29) is 11.4 Å². The molecule has 124 valence electrons. The van der Waals surface area contributed by atoms with Crippen LogP contribution in [0.25, 0.3) is 0 Å². The van der Waals surface area contributed by atoms with Crippen LogP contribution >= 0.6 is 0 Å². The summed E-state index contributed by atoms with van der Waals surface area (Å²) in [7, 11) is -1.00. The molecule has 4 nitrogen and oxygen atoms in total. The zero-order valence-corrected chi connectivity index (χ0v) is 14.4. The normalized spacial score (nSPS) is 18.8. The zero-order valence-electron chi connectivity index (χ0n) is 13.6. The van der Waals surface area contributed by atoms with E-state index >= 15 is 0 Å². The lowest BCUT2D eigenvalue weighted by Crippen LogP contribution is -2.43. The van der Waals surface area contributed by atoms with Gasteiger partial charge in [-0.15, -0.1) is 0 Å². The Morgan fingerprint density at radius 1 is 1.12 bits per heavy atom. The van der Waals surface area contributed by atoms with Gasteiger partial charge in [-0.3, -0.25) is 4.21 Å². The van der Waals surface area contributed by atoms with Crippen molar-refractivity contribution in [3.63, 3.8) is 0 Å². The molecule has 1 aliphatic carbocycles. The molecule has 2 amide bonds. The van der Waals surface area contributed by atoms with Gasteiger partial charge in [0.05, 0.1) is 0 Å². The number of benzene rings is 2. The van der Waals surface area contributed by atoms with Gasteiger partial charge in [0.25, 0.3) is 0 Å². The van der Waals surface area contributed by atoms with Gasteiger partial charge in [0.1, 0.15) is 0 Å². The molecule has 1 fully saturated rings. The van der Waals surface area contributed by atoms with E-state index < -0.39 is 10.8 Å². The summed E-state index contributed by atoms with van der Waals surface area (Å²) in [6.07, 6.45) is 3.96. The largest absolute Gasteiger partial charge is 0.322 e. The molecule has 4 rings (SSSR count). The lowest BCUT2D eigenvalue weighted by atomic mass is 9.87. The van der Waals surface area contributed by atoms with E-state index in [0.717, 1.165) is 30.0 Å². The van der Waals surface area contributed by atoms with Crippen LogP contribution in [0.1, 0.15) is 24.0 Å². The third-order valence-corrected chi connectivity index (χ3v) is 5.96. The van der Waals surface area contributed by atoms with Crippen LogP contribution in [-0.2, 0) is 22.8 Å². The first-order valence-corrected chi connectivity index (χ1v) is 9.71. The molecule has 0 saturated heterocycles. The second kappa shape index (κ2) is 5.74. The van der Waals surface area contributed by atoms with Crippen molar-refractivity contribution < 1.29 is 9.00 Å². The standard InChI is InChI=1S/C19H20N2O2S/c1-24(23)16-8-6-15(7-9-16)20-18(22)21-12-14-4-2-3-5-17(14)19(13-21)10-11-19/h2-9H,10-13H2,1H3,(H,20,22)/t24-/m0/s1. The highest BCUT2D eigenvalue weighted by molar-refractivity contribution is 7.84. The van der Waals surface area contributed by atoms with Crippen molar-refractivity contribution in [2.24, 2.45) is 0 Å². The number of hydrogen-bond donors (Lipinski definition) is 1. The lowest BCUT2D eigenvalue weighted by molar-refractivity contribution is 0.197. The molecule has 0 unspecified atom stereocenters. The smallest absolute Gasteiger partial charge is 0.319 e. The van der Waals surface area contributed by atoms with Crippen LogP contribution in [-0.4, -0.2) is 27.9 Å². The SMILES string of the molecule is C[S@](=O)c1ccc(NC(=O)N2Cc3ccccc3C3(CC3)C2)cc1. The average molecular weight is 340 g/mol. The molecule has 1 saturated carbocycles. The third-order valence-electron chi connectivity index (χ3n) is 5.02. The van der Waals surface area contributed by atoms with E-state index in [0.29, 0.717) is 6.54 Å². The number of anilines is 1. The molecule has 2 aromatic rings. The first kappa shape index (κ1) is 15.4. The van der Waals surface area contributed by atoms with Gasteiger partial charge >= 0.3 is 6.03 Å². The quantitative estimate of drug-likeness (QED) is 0.909. The fourth-order valence-corrected chi connectivity index (χ4v) is 4.06. The van der Waals surface area contributed by atoms with Crippen LogP contribution in [0, 0.1) is 0 Å². The molecule has 2 aliphatic rings. The minimum atomic E-state index is -1.00. The zero-order chi connectivity index (χ0) is 16.7. The summed E-state index contributed by atoms with van der Waals surface area (Å²) < 4.78 is 11.4. The van der Waals surface area contributed by atoms with Crippen LogP contribution in [0.2, 0.25) is 0 Å². The molecule has 1 spiro atoms. The van der Waals surface area contributed by atoms with E-state index in [1.807, 2.05) is 11.0 Å². The Labute approximate surface area is 144 Å². The Morgan fingerprint density at radius 3 is 2.50 bits per heavy atom. The predicted molar refractivity (Wildman–Crippen MR) is 95.6 cm³/mol. The Kier molecular flexibility index (Phi) is 3.68. The average Bonchev–Trinajstić information content (AvgIpc) is 3.35. The molecular weight excluding hydrogens is 320 g/mol. The molecule has 0 bridgehead atoms. The van der Waals surface area contributed by atoms with E-state index in [1.165, 1.54) is 11.1 Å². The van der Waals surface area contributed by atoms with Gasteiger partial charge < -0.3 is 10.2 Å². The van der Waals surface area contributed by atoms with Crippen LogP contribution < -0.4 is 5.32 Å². The number of carbonyl (C=O) groups excluding carboxylic acids is 1. The summed E-state index contributed by atoms with van der Waals surface area (Å²) in [5, 5.41) is 2.96. The summed E-state index contributed by atoms with van der Waals surface area (Å²) in [5.74, 6) is 0. The molecule has 2 aromatic carbocycles. The van der Waals surface area contributed by atoms with E-state index in [2.05, 4.69) is 23.5 Å². The maximum Gasteiger partial charge on any atom is 0.322 e. The van der Waals surface area contributed by atoms with Gasteiger partial charge in [-0.05, 0) is 48.2 Å². The summed E-state index contributed by atoms with van der Waals surface area (Å²) in [6.45, 7) is 1.44. The van der Waals surface area contributed by atoms with Crippen molar-refractivity contribution in [2.45, 2.75) is 29.7 Å². The summed E-state index contributed by atoms with van der Waals surface area (Å²) in [5.41, 5.74) is 3.59. The van der Waals surface area contributed by atoms with Gasteiger partial charge in [-0.2, -0.15) is 0 Å². The number of nitrogens with one attached hydrogen (secondary N) is 1.